The lowest BCUT2D eigenvalue weighted by atomic mass is 9.87. The molecule has 0 saturated carbocycles. The van der Waals surface area contributed by atoms with Crippen LogP contribution in [0.15, 0.2) is 30.3 Å². The van der Waals surface area contributed by atoms with Gasteiger partial charge in [-0.2, -0.15) is 8.42 Å². The van der Waals surface area contributed by atoms with Crippen molar-refractivity contribution in [3.05, 3.63) is 30.3 Å². The highest BCUT2D eigenvalue weighted by Gasteiger charge is 2.44. The number of ether oxygens (including phenoxy) is 1. The molecule has 5 heteroatoms. The van der Waals surface area contributed by atoms with Gasteiger partial charge in [0.05, 0.1) is 0 Å². The summed E-state index contributed by atoms with van der Waals surface area (Å²) in [7, 11) is -4.17. The molecule has 0 saturated heterocycles. The van der Waals surface area contributed by atoms with E-state index in [4.69, 9.17) is 4.74 Å². The lowest BCUT2D eigenvalue weighted by Gasteiger charge is -2.38. The summed E-state index contributed by atoms with van der Waals surface area (Å²) < 4.78 is 39.3. The standard InChI is InChI=1S/C17H28O4S/c1-4-6-13-17(14-7-5-2,15(3)22(18,19)20)21-16-11-9-8-10-12-16/h8-12,15H,4-7,13-14H2,1-3H3,(H,18,19,20). The van der Waals surface area contributed by atoms with Crippen LogP contribution in [0.3, 0.4) is 0 Å². The van der Waals surface area contributed by atoms with E-state index in [1.807, 2.05) is 30.3 Å². The van der Waals surface area contributed by atoms with Crippen LogP contribution in [0, 0.1) is 0 Å². The Kier molecular flexibility index (Phi) is 7.36. The summed E-state index contributed by atoms with van der Waals surface area (Å²) in [5.74, 6) is 0.644. The molecule has 0 radical (unpaired) electrons. The average molecular weight is 328 g/mol. The highest BCUT2D eigenvalue weighted by Crippen LogP contribution is 2.34. The lowest BCUT2D eigenvalue weighted by molar-refractivity contribution is 0.0428. The number of hydrogen-bond acceptors (Lipinski definition) is 3. The fourth-order valence-corrected chi connectivity index (χ4v) is 3.49. The predicted molar refractivity (Wildman–Crippen MR) is 89.9 cm³/mol. The summed E-state index contributed by atoms with van der Waals surface area (Å²) in [6.07, 6.45) is 4.83. The molecule has 1 atom stereocenters. The number of unbranched alkanes of at least 4 members (excludes halogenated alkanes) is 2. The van der Waals surface area contributed by atoms with Crippen LogP contribution in [0.4, 0.5) is 0 Å². The van der Waals surface area contributed by atoms with Crippen molar-refractivity contribution >= 4 is 10.1 Å². The van der Waals surface area contributed by atoms with Crippen LogP contribution in [0.25, 0.3) is 0 Å². The fraction of sp³-hybridized carbons (Fsp3) is 0.647. The van der Waals surface area contributed by atoms with Crippen molar-refractivity contribution in [1.29, 1.82) is 0 Å². The van der Waals surface area contributed by atoms with Gasteiger partial charge in [-0.15, -0.1) is 0 Å². The van der Waals surface area contributed by atoms with Crippen LogP contribution in [-0.4, -0.2) is 23.8 Å². The van der Waals surface area contributed by atoms with Gasteiger partial charge in [-0.25, -0.2) is 0 Å². The third-order valence-electron chi connectivity index (χ3n) is 4.16. The first-order chi connectivity index (χ1) is 10.4. The predicted octanol–water partition coefficient (Wildman–Crippen LogP) is 4.46. The van der Waals surface area contributed by atoms with Crippen LogP contribution in [0.2, 0.25) is 0 Å². The second-order valence-electron chi connectivity index (χ2n) is 5.84. The van der Waals surface area contributed by atoms with E-state index in [0.29, 0.717) is 18.6 Å². The maximum absolute atomic E-state index is 11.8. The summed E-state index contributed by atoms with van der Waals surface area (Å²) in [5, 5.41) is -0.960. The second-order valence-corrected chi connectivity index (χ2v) is 7.58. The van der Waals surface area contributed by atoms with Gasteiger partial charge in [0, 0.05) is 0 Å². The Morgan fingerprint density at radius 3 is 2.00 bits per heavy atom. The monoisotopic (exact) mass is 328 g/mol. The molecule has 0 amide bonds. The zero-order valence-corrected chi connectivity index (χ0v) is 14.6. The van der Waals surface area contributed by atoms with Crippen LogP contribution >= 0.6 is 0 Å². The Morgan fingerprint density at radius 1 is 1.09 bits per heavy atom. The molecule has 1 aromatic rings. The normalized spacial score (nSPS) is 13.8. The largest absolute Gasteiger partial charge is 0.486 e. The van der Waals surface area contributed by atoms with Gasteiger partial charge in [0.15, 0.2) is 0 Å². The Balaban J connectivity index is 3.17. The molecule has 1 unspecified atom stereocenters. The second kappa shape index (κ2) is 8.53. The first-order valence-electron chi connectivity index (χ1n) is 8.06. The Morgan fingerprint density at radius 2 is 1.59 bits per heavy atom. The lowest BCUT2D eigenvalue weighted by Crippen LogP contribution is -2.50. The number of hydrogen-bond donors (Lipinski definition) is 1. The maximum atomic E-state index is 11.8. The topological polar surface area (TPSA) is 63.6 Å². The Hall–Kier alpha value is -1.07. The Bertz CT molecular complexity index is 517. The molecule has 0 fully saturated rings. The van der Waals surface area contributed by atoms with Crippen molar-refractivity contribution in [3.8, 4) is 5.75 Å². The van der Waals surface area contributed by atoms with Crippen molar-refractivity contribution < 1.29 is 17.7 Å². The molecule has 0 aliphatic heterocycles. The smallest absolute Gasteiger partial charge is 0.271 e. The van der Waals surface area contributed by atoms with Gasteiger partial charge < -0.3 is 4.74 Å². The van der Waals surface area contributed by atoms with Crippen molar-refractivity contribution in [1.82, 2.24) is 0 Å². The van der Waals surface area contributed by atoms with E-state index in [2.05, 4.69) is 13.8 Å². The first-order valence-corrected chi connectivity index (χ1v) is 9.56. The van der Waals surface area contributed by atoms with E-state index in [1.54, 1.807) is 6.92 Å². The third-order valence-corrected chi connectivity index (χ3v) is 5.48. The van der Waals surface area contributed by atoms with Crippen LogP contribution < -0.4 is 4.74 Å². The molecule has 1 N–H and O–H groups in total. The summed E-state index contributed by atoms with van der Waals surface area (Å²) in [4.78, 5) is 0. The number of para-hydroxylation sites is 1. The maximum Gasteiger partial charge on any atom is 0.271 e. The molecule has 0 bridgehead atoms. The van der Waals surface area contributed by atoms with E-state index in [9.17, 15) is 13.0 Å². The average Bonchev–Trinajstić information content (AvgIpc) is 2.49. The molecule has 0 aromatic heterocycles. The zero-order chi connectivity index (χ0) is 16.6. The van der Waals surface area contributed by atoms with Gasteiger partial charge in [-0.05, 0) is 44.7 Å². The van der Waals surface area contributed by atoms with Gasteiger partial charge >= 0.3 is 0 Å². The number of benzene rings is 1. The highest BCUT2D eigenvalue weighted by molar-refractivity contribution is 7.86. The summed E-state index contributed by atoms with van der Waals surface area (Å²) >= 11 is 0. The van der Waals surface area contributed by atoms with Gasteiger partial charge in [-0.3, -0.25) is 4.55 Å². The summed E-state index contributed by atoms with van der Waals surface area (Å²) in [6.45, 7) is 5.67. The first kappa shape index (κ1) is 19.0. The van der Waals surface area contributed by atoms with E-state index >= 15 is 0 Å². The van der Waals surface area contributed by atoms with Crippen LogP contribution in [0.5, 0.6) is 5.75 Å². The molecule has 1 rings (SSSR count). The van der Waals surface area contributed by atoms with Crippen molar-refractivity contribution in [3.63, 3.8) is 0 Å². The summed E-state index contributed by atoms with van der Waals surface area (Å²) in [5.41, 5.74) is -0.888. The molecule has 1 aromatic carbocycles. The van der Waals surface area contributed by atoms with Gasteiger partial charge in [0.1, 0.15) is 16.6 Å². The molecule has 126 valence electrons. The molecule has 0 aliphatic carbocycles. The zero-order valence-electron chi connectivity index (χ0n) is 13.8. The van der Waals surface area contributed by atoms with Gasteiger partial charge in [0.2, 0.25) is 0 Å². The minimum absolute atomic E-state index is 0.610. The van der Waals surface area contributed by atoms with Crippen molar-refractivity contribution in [2.45, 2.75) is 70.1 Å². The number of rotatable bonds is 10. The van der Waals surface area contributed by atoms with Crippen molar-refractivity contribution in [2.24, 2.45) is 0 Å². The molecule has 0 aliphatic rings. The third kappa shape index (κ3) is 5.29. The van der Waals surface area contributed by atoms with E-state index < -0.39 is 21.0 Å². The van der Waals surface area contributed by atoms with E-state index in [1.165, 1.54) is 0 Å². The minimum Gasteiger partial charge on any atom is -0.486 e. The molecule has 22 heavy (non-hydrogen) atoms. The Labute approximate surface area is 134 Å². The quantitative estimate of drug-likeness (QED) is 0.644. The molecule has 0 heterocycles. The molecule has 0 spiro atoms. The van der Waals surface area contributed by atoms with E-state index in [-0.39, 0.29) is 0 Å². The van der Waals surface area contributed by atoms with Crippen molar-refractivity contribution in [2.75, 3.05) is 0 Å². The highest BCUT2D eigenvalue weighted by atomic mass is 32.2. The van der Waals surface area contributed by atoms with Gasteiger partial charge in [0.25, 0.3) is 10.1 Å². The van der Waals surface area contributed by atoms with Crippen LogP contribution in [-0.2, 0) is 10.1 Å². The minimum atomic E-state index is -4.17. The molecular weight excluding hydrogens is 300 g/mol. The molecule has 4 nitrogen and oxygen atoms in total. The molecular formula is C17H28O4S. The summed E-state index contributed by atoms with van der Waals surface area (Å²) in [6, 6.07) is 9.25. The van der Waals surface area contributed by atoms with E-state index in [0.717, 1.165) is 25.7 Å². The van der Waals surface area contributed by atoms with Crippen LogP contribution in [0.1, 0.15) is 59.3 Å². The SMILES string of the molecule is CCCCC(CCCC)(Oc1ccccc1)C(C)S(=O)(=O)O. The van der Waals surface area contributed by atoms with Gasteiger partial charge in [-0.1, -0.05) is 44.9 Å². The fourth-order valence-electron chi connectivity index (χ4n) is 2.66.